The van der Waals surface area contributed by atoms with Gasteiger partial charge in [0.2, 0.25) is 9.84 Å². The van der Waals surface area contributed by atoms with Crippen LogP contribution < -0.4 is 10.3 Å². The molecule has 0 aliphatic rings. The van der Waals surface area contributed by atoms with E-state index < -0.39 is 9.84 Å². The molecule has 0 amide bonds. The summed E-state index contributed by atoms with van der Waals surface area (Å²) in [7, 11) is -2.40. The molecule has 140 valence electrons. The Morgan fingerprint density at radius 2 is 1.64 bits per heavy atom. The summed E-state index contributed by atoms with van der Waals surface area (Å²) >= 11 is 0. The van der Waals surface area contributed by atoms with Crippen molar-refractivity contribution in [2.24, 2.45) is 0 Å². The SMILES string of the molecule is COc1ccc(-c2nc3ccccc3c(=O)[nH]2)c(S(=O)(=O)c2ccccc2)c1. The van der Waals surface area contributed by atoms with Crippen molar-refractivity contribution in [2.75, 3.05) is 7.11 Å². The Kier molecular flexibility index (Phi) is 4.44. The molecule has 0 aliphatic heterocycles. The van der Waals surface area contributed by atoms with Gasteiger partial charge in [0.05, 0.1) is 27.8 Å². The van der Waals surface area contributed by atoms with Crippen LogP contribution in [-0.4, -0.2) is 25.5 Å². The van der Waals surface area contributed by atoms with Crippen LogP contribution in [0.3, 0.4) is 0 Å². The van der Waals surface area contributed by atoms with Gasteiger partial charge in [-0.2, -0.15) is 0 Å². The number of sulfone groups is 1. The third-order valence-electron chi connectivity index (χ3n) is 4.40. The van der Waals surface area contributed by atoms with Gasteiger partial charge in [-0.3, -0.25) is 4.79 Å². The van der Waals surface area contributed by atoms with E-state index in [2.05, 4.69) is 9.97 Å². The fourth-order valence-corrected chi connectivity index (χ4v) is 4.48. The monoisotopic (exact) mass is 392 g/mol. The molecular weight excluding hydrogens is 376 g/mol. The van der Waals surface area contributed by atoms with Gasteiger partial charge in [0.15, 0.2) is 0 Å². The zero-order valence-electron chi connectivity index (χ0n) is 14.9. The number of nitrogens with one attached hydrogen (secondary N) is 1. The van der Waals surface area contributed by atoms with Crippen LogP contribution in [0.15, 0.2) is 87.4 Å². The summed E-state index contributed by atoms with van der Waals surface area (Å²) in [4.78, 5) is 19.8. The zero-order chi connectivity index (χ0) is 19.7. The Bertz CT molecular complexity index is 1330. The average Bonchev–Trinajstić information content (AvgIpc) is 2.74. The van der Waals surface area contributed by atoms with Gasteiger partial charge in [-0.05, 0) is 42.5 Å². The summed E-state index contributed by atoms with van der Waals surface area (Å²) in [5.74, 6) is 0.572. The molecule has 4 aromatic rings. The lowest BCUT2D eigenvalue weighted by Crippen LogP contribution is -2.11. The maximum atomic E-state index is 13.3. The lowest BCUT2D eigenvalue weighted by atomic mass is 10.2. The normalized spacial score (nSPS) is 11.5. The third-order valence-corrected chi connectivity index (χ3v) is 6.21. The molecule has 28 heavy (non-hydrogen) atoms. The first-order valence-corrected chi connectivity index (χ1v) is 9.96. The fourth-order valence-electron chi connectivity index (χ4n) is 2.99. The molecule has 7 heteroatoms. The van der Waals surface area contributed by atoms with Gasteiger partial charge in [-0.1, -0.05) is 30.3 Å². The number of para-hydroxylation sites is 1. The Labute approximate surface area is 161 Å². The molecule has 0 saturated heterocycles. The van der Waals surface area contributed by atoms with E-state index in [1.165, 1.54) is 25.3 Å². The van der Waals surface area contributed by atoms with E-state index in [0.29, 0.717) is 22.2 Å². The summed E-state index contributed by atoms with van der Waals surface area (Å²) in [6.07, 6.45) is 0. The number of benzene rings is 3. The van der Waals surface area contributed by atoms with Gasteiger partial charge < -0.3 is 9.72 Å². The maximum absolute atomic E-state index is 13.3. The molecule has 0 saturated carbocycles. The number of methoxy groups -OCH3 is 1. The van der Waals surface area contributed by atoms with Gasteiger partial charge in [0.25, 0.3) is 5.56 Å². The predicted octanol–water partition coefficient (Wildman–Crippen LogP) is 3.43. The average molecular weight is 392 g/mol. The van der Waals surface area contributed by atoms with E-state index in [1.54, 1.807) is 54.6 Å². The summed E-state index contributed by atoms with van der Waals surface area (Å²) in [5.41, 5.74) is 0.451. The number of nitrogens with zero attached hydrogens (tertiary/aromatic N) is 1. The van der Waals surface area contributed by atoms with Gasteiger partial charge in [-0.15, -0.1) is 0 Å². The van der Waals surface area contributed by atoms with E-state index >= 15 is 0 Å². The van der Waals surface area contributed by atoms with Crippen LogP contribution in [0.25, 0.3) is 22.3 Å². The van der Waals surface area contributed by atoms with Crippen LogP contribution in [0.5, 0.6) is 5.75 Å². The molecular formula is C21H16N2O4S. The molecule has 0 aliphatic carbocycles. The van der Waals surface area contributed by atoms with E-state index in [1.807, 2.05) is 0 Å². The Balaban J connectivity index is 2.00. The molecule has 0 spiro atoms. The van der Waals surface area contributed by atoms with Crippen molar-refractivity contribution in [1.29, 1.82) is 0 Å². The second-order valence-electron chi connectivity index (χ2n) is 6.11. The Morgan fingerprint density at radius 3 is 2.39 bits per heavy atom. The minimum absolute atomic E-state index is 0.0106. The lowest BCUT2D eigenvalue weighted by Gasteiger charge is -2.12. The summed E-state index contributed by atoms with van der Waals surface area (Å²) in [6.45, 7) is 0. The first-order chi connectivity index (χ1) is 13.5. The molecule has 3 aromatic carbocycles. The number of fused-ring (bicyclic) bond motifs is 1. The molecule has 0 fully saturated rings. The number of rotatable bonds is 4. The van der Waals surface area contributed by atoms with Gasteiger partial charge in [0, 0.05) is 5.56 Å². The van der Waals surface area contributed by atoms with E-state index in [4.69, 9.17) is 4.74 Å². The van der Waals surface area contributed by atoms with Crippen molar-refractivity contribution in [1.82, 2.24) is 9.97 Å². The largest absolute Gasteiger partial charge is 0.497 e. The number of hydrogen-bond acceptors (Lipinski definition) is 5. The van der Waals surface area contributed by atoms with Crippen molar-refractivity contribution in [3.05, 3.63) is 83.2 Å². The van der Waals surface area contributed by atoms with Crippen LogP contribution in [0.1, 0.15) is 0 Å². The van der Waals surface area contributed by atoms with Crippen LogP contribution in [0, 0.1) is 0 Å². The second-order valence-corrected chi connectivity index (χ2v) is 8.03. The molecule has 1 heterocycles. The van der Waals surface area contributed by atoms with Crippen molar-refractivity contribution in [3.8, 4) is 17.1 Å². The highest BCUT2D eigenvalue weighted by molar-refractivity contribution is 7.91. The van der Waals surface area contributed by atoms with Crippen molar-refractivity contribution in [3.63, 3.8) is 0 Å². The molecule has 1 N–H and O–H groups in total. The highest BCUT2D eigenvalue weighted by Crippen LogP contribution is 2.32. The van der Waals surface area contributed by atoms with Crippen molar-refractivity contribution in [2.45, 2.75) is 9.79 Å². The molecule has 4 rings (SSSR count). The smallest absolute Gasteiger partial charge is 0.259 e. The first-order valence-electron chi connectivity index (χ1n) is 8.48. The molecule has 0 radical (unpaired) electrons. The number of hydrogen-bond donors (Lipinski definition) is 1. The number of H-pyrrole nitrogens is 1. The topological polar surface area (TPSA) is 89.1 Å². The summed E-state index contributed by atoms with van der Waals surface area (Å²) in [6, 6.07) is 19.7. The van der Waals surface area contributed by atoms with Crippen LogP contribution in [-0.2, 0) is 9.84 Å². The molecule has 0 bridgehead atoms. The van der Waals surface area contributed by atoms with Gasteiger partial charge >= 0.3 is 0 Å². The van der Waals surface area contributed by atoms with Crippen LogP contribution in [0.2, 0.25) is 0 Å². The van der Waals surface area contributed by atoms with E-state index in [-0.39, 0.29) is 21.2 Å². The summed E-state index contributed by atoms with van der Waals surface area (Å²) in [5, 5.41) is 0.437. The minimum Gasteiger partial charge on any atom is -0.497 e. The molecule has 0 unspecified atom stereocenters. The molecule has 0 atom stereocenters. The van der Waals surface area contributed by atoms with Crippen LogP contribution >= 0.6 is 0 Å². The van der Waals surface area contributed by atoms with E-state index in [0.717, 1.165) is 0 Å². The number of aromatic nitrogens is 2. The highest BCUT2D eigenvalue weighted by atomic mass is 32.2. The Hall–Kier alpha value is -3.45. The fraction of sp³-hybridized carbons (Fsp3) is 0.0476. The second kappa shape index (κ2) is 6.94. The van der Waals surface area contributed by atoms with Crippen molar-refractivity contribution < 1.29 is 13.2 Å². The highest BCUT2D eigenvalue weighted by Gasteiger charge is 2.24. The zero-order valence-corrected chi connectivity index (χ0v) is 15.7. The van der Waals surface area contributed by atoms with Gasteiger partial charge in [0.1, 0.15) is 11.6 Å². The third kappa shape index (κ3) is 3.05. The standard InChI is InChI=1S/C21H16N2O4S/c1-27-14-11-12-17(19(13-14)28(25,26)15-7-3-2-4-8-15)20-22-18-10-6-5-9-16(18)21(24)23-20/h2-13H,1H3,(H,22,23,24). The predicted molar refractivity (Wildman–Crippen MR) is 106 cm³/mol. The molecule has 6 nitrogen and oxygen atoms in total. The Morgan fingerprint density at radius 1 is 0.929 bits per heavy atom. The summed E-state index contributed by atoms with van der Waals surface area (Å²) < 4.78 is 31.8. The number of aromatic amines is 1. The number of ether oxygens (including phenoxy) is 1. The minimum atomic E-state index is -3.86. The van der Waals surface area contributed by atoms with Crippen LogP contribution in [0.4, 0.5) is 0 Å². The van der Waals surface area contributed by atoms with Crippen molar-refractivity contribution >= 4 is 20.7 Å². The quantitative estimate of drug-likeness (QED) is 0.575. The van der Waals surface area contributed by atoms with Gasteiger partial charge in [-0.25, -0.2) is 13.4 Å². The molecule has 1 aromatic heterocycles. The maximum Gasteiger partial charge on any atom is 0.259 e. The lowest BCUT2D eigenvalue weighted by molar-refractivity contribution is 0.413. The first kappa shape index (κ1) is 17.9. The van der Waals surface area contributed by atoms with E-state index in [9.17, 15) is 13.2 Å².